The highest BCUT2D eigenvalue weighted by molar-refractivity contribution is 5.80. The molecule has 0 bridgehead atoms. The Bertz CT molecular complexity index is 588. The van der Waals surface area contributed by atoms with E-state index in [1.807, 2.05) is 20.8 Å². The minimum absolute atomic E-state index is 0.139. The molecule has 2 aliphatic heterocycles. The van der Waals surface area contributed by atoms with E-state index in [1.165, 1.54) is 0 Å². The fraction of sp³-hybridized carbons (Fsp3) is 0.812. The van der Waals surface area contributed by atoms with Crippen molar-refractivity contribution in [3.63, 3.8) is 0 Å². The highest BCUT2D eigenvalue weighted by atomic mass is 19.4. The number of carbonyl (C=O) groups is 3. The van der Waals surface area contributed by atoms with Crippen molar-refractivity contribution < 1.29 is 32.7 Å². The van der Waals surface area contributed by atoms with Gasteiger partial charge in [-0.25, -0.2) is 4.79 Å². The Morgan fingerprint density at radius 3 is 2.31 bits per heavy atom. The van der Waals surface area contributed by atoms with Crippen LogP contribution < -0.4 is 10.6 Å². The first kappa shape index (κ1) is 20.3. The van der Waals surface area contributed by atoms with Crippen molar-refractivity contribution in [2.45, 2.75) is 51.9 Å². The van der Waals surface area contributed by atoms with Gasteiger partial charge in [0.2, 0.25) is 5.91 Å². The van der Waals surface area contributed by atoms with E-state index in [2.05, 4.69) is 10.6 Å². The molecule has 2 heterocycles. The van der Waals surface area contributed by atoms with E-state index in [4.69, 9.17) is 5.11 Å². The number of urea groups is 1. The van der Waals surface area contributed by atoms with Gasteiger partial charge in [0.25, 0.3) is 0 Å². The summed E-state index contributed by atoms with van der Waals surface area (Å²) < 4.78 is 39.2. The van der Waals surface area contributed by atoms with Gasteiger partial charge in [0.1, 0.15) is 0 Å². The number of carboxylic acid groups (broad SMARTS) is 1. The normalized spacial score (nSPS) is 30.1. The van der Waals surface area contributed by atoms with Crippen molar-refractivity contribution >= 4 is 17.9 Å². The topological polar surface area (TPSA) is 98.7 Å². The summed E-state index contributed by atoms with van der Waals surface area (Å²) in [7, 11) is 0. The lowest BCUT2D eigenvalue weighted by Crippen LogP contribution is -2.61. The number of hydrogen-bond donors (Lipinski definition) is 3. The van der Waals surface area contributed by atoms with Crippen LogP contribution in [0.15, 0.2) is 0 Å². The summed E-state index contributed by atoms with van der Waals surface area (Å²) in [5, 5.41) is 14.5. The number of hydrogen-bond acceptors (Lipinski definition) is 3. The molecule has 4 atom stereocenters. The summed E-state index contributed by atoms with van der Waals surface area (Å²) in [6.45, 7) is 4.48. The van der Waals surface area contributed by atoms with Gasteiger partial charge >= 0.3 is 18.2 Å². The van der Waals surface area contributed by atoms with Crippen molar-refractivity contribution in [3.8, 4) is 0 Å². The Hall–Kier alpha value is -2.00. The number of nitrogens with one attached hydrogen (secondary N) is 2. The Kier molecular flexibility index (Phi) is 5.44. The van der Waals surface area contributed by atoms with Crippen molar-refractivity contribution in [2.75, 3.05) is 13.1 Å². The highest BCUT2D eigenvalue weighted by Gasteiger charge is 2.53. The van der Waals surface area contributed by atoms with Crippen LogP contribution in [0.1, 0.15) is 33.6 Å². The van der Waals surface area contributed by atoms with Crippen LogP contribution in [0.2, 0.25) is 0 Å². The van der Waals surface area contributed by atoms with Gasteiger partial charge < -0.3 is 20.6 Å². The zero-order chi connectivity index (χ0) is 19.9. The summed E-state index contributed by atoms with van der Waals surface area (Å²) in [5.74, 6) is -5.47. The Balaban J connectivity index is 2.09. The van der Waals surface area contributed by atoms with E-state index in [0.29, 0.717) is 6.42 Å². The predicted octanol–water partition coefficient (Wildman–Crippen LogP) is 1.58. The number of halogens is 3. The molecule has 2 aliphatic rings. The fourth-order valence-corrected chi connectivity index (χ4v) is 3.58. The number of aliphatic carboxylic acids is 1. The van der Waals surface area contributed by atoms with Gasteiger partial charge in [0, 0.05) is 19.5 Å². The largest absolute Gasteiger partial charge is 0.481 e. The van der Waals surface area contributed by atoms with E-state index in [9.17, 15) is 27.6 Å². The summed E-state index contributed by atoms with van der Waals surface area (Å²) in [4.78, 5) is 36.1. The number of amides is 3. The van der Waals surface area contributed by atoms with E-state index < -0.39 is 49.1 Å². The van der Waals surface area contributed by atoms with Gasteiger partial charge in [-0.1, -0.05) is 20.8 Å². The molecule has 0 saturated carbocycles. The molecule has 0 radical (unpaired) electrons. The highest BCUT2D eigenvalue weighted by Crippen LogP contribution is 2.38. The molecule has 2 fully saturated rings. The number of carboxylic acids is 1. The number of nitrogens with zero attached hydrogens (tertiary/aromatic N) is 1. The van der Waals surface area contributed by atoms with Crippen molar-refractivity contribution in [1.82, 2.24) is 15.5 Å². The van der Waals surface area contributed by atoms with Crippen LogP contribution in [0.3, 0.4) is 0 Å². The maximum atomic E-state index is 13.1. The summed E-state index contributed by atoms with van der Waals surface area (Å²) >= 11 is 0. The predicted molar refractivity (Wildman–Crippen MR) is 85.2 cm³/mol. The molecule has 0 aromatic carbocycles. The molecule has 148 valence electrons. The Morgan fingerprint density at radius 2 is 1.85 bits per heavy atom. The SMILES string of the molecule is CC(C)(C)[C@@H]1NC(=O)CC[C@H]1NC(=O)N1C[C@@H](C(F)(F)F)[C@H](C(=O)O)C1. The molecule has 0 unspecified atom stereocenters. The first-order valence-electron chi connectivity index (χ1n) is 8.45. The van der Waals surface area contributed by atoms with E-state index in [-0.39, 0.29) is 23.8 Å². The van der Waals surface area contributed by atoms with Crippen molar-refractivity contribution in [1.29, 1.82) is 0 Å². The molecular formula is C16H24F3N3O4. The molecule has 0 aromatic rings. The Labute approximate surface area is 149 Å². The molecular weight excluding hydrogens is 355 g/mol. The minimum Gasteiger partial charge on any atom is -0.481 e. The smallest absolute Gasteiger partial charge is 0.394 e. The number of piperidine rings is 1. The molecule has 10 heteroatoms. The van der Waals surface area contributed by atoms with Crippen molar-refractivity contribution in [3.05, 3.63) is 0 Å². The lowest BCUT2D eigenvalue weighted by Gasteiger charge is -2.41. The molecule has 0 aromatic heterocycles. The van der Waals surface area contributed by atoms with Gasteiger partial charge in [-0.3, -0.25) is 9.59 Å². The molecule has 7 nitrogen and oxygen atoms in total. The lowest BCUT2D eigenvalue weighted by atomic mass is 9.79. The average molecular weight is 379 g/mol. The standard InChI is InChI=1S/C16H24F3N3O4/c1-15(2,3)12-10(4-5-11(23)21-12)20-14(26)22-6-8(13(24)25)9(7-22)16(17,18)19/h8-10,12H,4-7H2,1-3H3,(H,20,26)(H,21,23)(H,24,25)/t8-,9-,10-,12-/m1/s1. The Morgan fingerprint density at radius 1 is 1.23 bits per heavy atom. The van der Waals surface area contributed by atoms with Gasteiger partial charge in [-0.15, -0.1) is 0 Å². The lowest BCUT2D eigenvalue weighted by molar-refractivity contribution is -0.187. The third-order valence-electron chi connectivity index (χ3n) is 4.99. The third kappa shape index (κ3) is 4.39. The molecule has 2 saturated heterocycles. The van der Waals surface area contributed by atoms with Crippen LogP contribution in [-0.2, 0) is 9.59 Å². The summed E-state index contributed by atoms with van der Waals surface area (Å²) in [5.41, 5.74) is -0.364. The van der Waals surface area contributed by atoms with Crippen LogP contribution in [0.4, 0.5) is 18.0 Å². The average Bonchev–Trinajstić information content (AvgIpc) is 2.93. The maximum Gasteiger partial charge on any atom is 0.394 e. The maximum absolute atomic E-state index is 13.1. The first-order valence-corrected chi connectivity index (χ1v) is 8.45. The number of rotatable bonds is 2. The third-order valence-corrected chi connectivity index (χ3v) is 4.99. The summed E-state index contributed by atoms with van der Waals surface area (Å²) in [6.07, 6.45) is -4.11. The monoisotopic (exact) mass is 379 g/mol. The number of carbonyl (C=O) groups excluding carboxylic acids is 2. The van der Waals surface area contributed by atoms with E-state index >= 15 is 0 Å². The molecule has 3 amide bonds. The molecule has 0 spiro atoms. The van der Waals surface area contributed by atoms with Gasteiger partial charge in [-0.05, 0) is 11.8 Å². The van der Waals surface area contributed by atoms with Crippen LogP contribution in [0.5, 0.6) is 0 Å². The second-order valence-electron chi connectivity index (χ2n) is 8.00. The number of likely N-dealkylation sites (tertiary alicyclic amines) is 1. The van der Waals surface area contributed by atoms with E-state index in [1.54, 1.807) is 0 Å². The molecule has 3 N–H and O–H groups in total. The molecule has 0 aliphatic carbocycles. The molecule has 26 heavy (non-hydrogen) atoms. The second-order valence-corrected chi connectivity index (χ2v) is 8.00. The molecule has 2 rings (SSSR count). The van der Waals surface area contributed by atoms with Crippen LogP contribution in [-0.4, -0.2) is 59.3 Å². The van der Waals surface area contributed by atoms with Gasteiger partial charge in [0.15, 0.2) is 0 Å². The fourth-order valence-electron chi connectivity index (χ4n) is 3.58. The van der Waals surface area contributed by atoms with Crippen LogP contribution >= 0.6 is 0 Å². The van der Waals surface area contributed by atoms with Crippen molar-refractivity contribution in [2.24, 2.45) is 17.3 Å². The minimum atomic E-state index is -4.69. The van der Waals surface area contributed by atoms with E-state index in [0.717, 1.165) is 4.90 Å². The zero-order valence-corrected chi connectivity index (χ0v) is 14.9. The van der Waals surface area contributed by atoms with Crippen LogP contribution in [0, 0.1) is 17.3 Å². The van der Waals surface area contributed by atoms with Gasteiger partial charge in [-0.2, -0.15) is 13.2 Å². The summed E-state index contributed by atoms with van der Waals surface area (Å²) in [6, 6.07) is -1.55. The first-order chi connectivity index (χ1) is 11.8. The number of alkyl halides is 3. The quantitative estimate of drug-likeness (QED) is 0.678. The van der Waals surface area contributed by atoms with Gasteiger partial charge in [0.05, 0.1) is 23.9 Å². The van der Waals surface area contributed by atoms with Crippen LogP contribution in [0.25, 0.3) is 0 Å². The zero-order valence-electron chi connectivity index (χ0n) is 14.9. The second kappa shape index (κ2) is 6.96.